The summed E-state index contributed by atoms with van der Waals surface area (Å²) in [5.74, 6) is -3.12. The number of carbonyl (C=O) groups excluding carboxylic acids is 3. The zero-order valence-corrected chi connectivity index (χ0v) is 12.2. The van der Waals surface area contributed by atoms with Gasteiger partial charge in [0.15, 0.2) is 17.5 Å². The van der Waals surface area contributed by atoms with Crippen molar-refractivity contribution < 1.29 is 19.1 Å². The molecule has 2 rings (SSSR count). The monoisotopic (exact) mass is 334 g/mol. The summed E-state index contributed by atoms with van der Waals surface area (Å²) in [5, 5.41) is 0. The van der Waals surface area contributed by atoms with Gasteiger partial charge in [-0.3, -0.25) is 14.4 Å². The molecule has 5 heteroatoms. The maximum atomic E-state index is 11.9. The Kier molecular flexibility index (Phi) is 4.29. The van der Waals surface area contributed by atoms with Crippen molar-refractivity contribution in [3.8, 4) is 0 Å². The lowest BCUT2D eigenvalue weighted by atomic mass is 9.96. The van der Waals surface area contributed by atoms with Crippen LogP contribution in [0, 0.1) is 5.92 Å². The van der Waals surface area contributed by atoms with Crippen molar-refractivity contribution in [1.82, 2.24) is 0 Å². The third kappa shape index (κ3) is 3.30. The number of allylic oxidation sites excluding steroid dienone is 3. The minimum absolute atomic E-state index is 0.208. The number of hydrogen-bond acceptors (Lipinski definition) is 4. The number of benzene rings is 1. The van der Waals surface area contributed by atoms with Crippen molar-refractivity contribution >= 4 is 39.5 Å². The standard InChI is InChI=1S/C15H11BrO4/c1-9-7-13(18)14(15(19)20-9)12(17)6-5-10-3-2-4-11(16)8-10/h2-8,14H,1H3. The lowest BCUT2D eigenvalue weighted by Crippen LogP contribution is -2.34. The molecule has 1 aromatic rings. The van der Waals surface area contributed by atoms with E-state index in [4.69, 9.17) is 4.74 Å². The van der Waals surface area contributed by atoms with Crippen LogP contribution in [0.3, 0.4) is 0 Å². The highest BCUT2D eigenvalue weighted by molar-refractivity contribution is 9.10. The number of hydrogen-bond donors (Lipinski definition) is 0. The SMILES string of the molecule is CC1=CC(=O)C(C(=O)C=Cc2cccc(Br)c2)C(=O)O1. The topological polar surface area (TPSA) is 60.4 Å². The van der Waals surface area contributed by atoms with E-state index >= 15 is 0 Å². The molecule has 0 saturated heterocycles. The van der Waals surface area contributed by atoms with E-state index in [-0.39, 0.29) is 5.76 Å². The summed E-state index contributed by atoms with van der Waals surface area (Å²) >= 11 is 3.32. The molecule has 102 valence electrons. The predicted molar refractivity (Wildman–Crippen MR) is 76.5 cm³/mol. The van der Waals surface area contributed by atoms with E-state index in [1.165, 1.54) is 13.0 Å². The fraction of sp³-hybridized carbons (Fsp3) is 0.133. The van der Waals surface area contributed by atoms with E-state index in [1.54, 1.807) is 12.1 Å². The average molecular weight is 335 g/mol. The normalized spacial score (nSPS) is 18.9. The smallest absolute Gasteiger partial charge is 0.329 e. The van der Waals surface area contributed by atoms with Crippen LogP contribution >= 0.6 is 15.9 Å². The molecule has 0 bridgehead atoms. The summed E-state index contributed by atoms with van der Waals surface area (Å²) in [4.78, 5) is 35.2. The maximum absolute atomic E-state index is 11.9. The van der Waals surface area contributed by atoms with Crippen molar-refractivity contribution in [3.05, 3.63) is 52.2 Å². The number of ether oxygens (including phenoxy) is 1. The van der Waals surface area contributed by atoms with Crippen molar-refractivity contribution in [2.45, 2.75) is 6.92 Å². The second kappa shape index (κ2) is 5.96. The summed E-state index contributed by atoms with van der Waals surface area (Å²) in [6.07, 6.45) is 3.94. The highest BCUT2D eigenvalue weighted by Crippen LogP contribution is 2.17. The minimum atomic E-state index is -1.39. The van der Waals surface area contributed by atoms with Crippen LogP contribution < -0.4 is 0 Å². The largest absolute Gasteiger partial charge is 0.430 e. The third-order valence-electron chi connectivity index (χ3n) is 2.70. The van der Waals surface area contributed by atoms with Crippen LogP contribution in [0.2, 0.25) is 0 Å². The van der Waals surface area contributed by atoms with Gasteiger partial charge >= 0.3 is 5.97 Å². The van der Waals surface area contributed by atoms with Gasteiger partial charge in [0, 0.05) is 10.5 Å². The number of carbonyl (C=O) groups is 3. The lowest BCUT2D eigenvalue weighted by Gasteiger charge is -2.15. The molecule has 1 heterocycles. The van der Waals surface area contributed by atoms with Crippen LogP contribution in [-0.2, 0) is 19.1 Å². The molecule has 1 aliphatic heterocycles. The zero-order valence-electron chi connectivity index (χ0n) is 10.6. The Labute approximate surface area is 124 Å². The van der Waals surface area contributed by atoms with Gasteiger partial charge in [-0.1, -0.05) is 34.1 Å². The van der Waals surface area contributed by atoms with E-state index in [1.807, 2.05) is 18.2 Å². The number of cyclic esters (lactones) is 1. The van der Waals surface area contributed by atoms with Crippen molar-refractivity contribution in [3.63, 3.8) is 0 Å². The van der Waals surface area contributed by atoms with E-state index < -0.39 is 23.5 Å². The Morgan fingerprint density at radius 1 is 1.35 bits per heavy atom. The molecule has 0 amide bonds. The molecule has 1 atom stereocenters. The molecule has 0 radical (unpaired) electrons. The van der Waals surface area contributed by atoms with Gasteiger partial charge in [0.2, 0.25) is 0 Å². The maximum Gasteiger partial charge on any atom is 0.329 e. The second-order valence-corrected chi connectivity index (χ2v) is 5.22. The zero-order chi connectivity index (χ0) is 14.7. The van der Waals surface area contributed by atoms with Gasteiger partial charge in [-0.05, 0) is 30.7 Å². The molecular weight excluding hydrogens is 324 g/mol. The van der Waals surface area contributed by atoms with Gasteiger partial charge in [-0.15, -0.1) is 0 Å². The molecule has 1 aliphatic rings. The van der Waals surface area contributed by atoms with E-state index in [9.17, 15) is 14.4 Å². The highest BCUT2D eigenvalue weighted by Gasteiger charge is 2.36. The summed E-state index contributed by atoms with van der Waals surface area (Å²) in [6, 6.07) is 7.30. The first kappa shape index (κ1) is 14.4. The molecule has 1 unspecified atom stereocenters. The van der Waals surface area contributed by atoms with Crippen LogP contribution in [0.25, 0.3) is 6.08 Å². The molecule has 0 fully saturated rings. The minimum Gasteiger partial charge on any atom is -0.430 e. The number of halogens is 1. The summed E-state index contributed by atoms with van der Waals surface area (Å²) in [5.41, 5.74) is 0.788. The molecule has 0 saturated carbocycles. The quantitative estimate of drug-likeness (QED) is 0.484. The van der Waals surface area contributed by atoms with Gasteiger partial charge in [0.25, 0.3) is 0 Å². The van der Waals surface area contributed by atoms with E-state index in [0.29, 0.717) is 0 Å². The Morgan fingerprint density at radius 2 is 2.10 bits per heavy atom. The number of esters is 1. The fourth-order valence-corrected chi connectivity index (χ4v) is 2.21. The first-order valence-corrected chi connectivity index (χ1v) is 6.68. The summed E-state index contributed by atoms with van der Waals surface area (Å²) in [7, 11) is 0. The third-order valence-corrected chi connectivity index (χ3v) is 3.19. The summed E-state index contributed by atoms with van der Waals surface area (Å²) < 4.78 is 5.67. The van der Waals surface area contributed by atoms with Gasteiger partial charge in [-0.2, -0.15) is 0 Å². The Balaban J connectivity index is 2.16. The molecule has 0 aliphatic carbocycles. The molecule has 20 heavy (non-hydrogen) atoms. The predicted octanol–water partition coefficient (Wildman–Crippen LogP) is 2.68. The van der Waals surface area contributed by atoms with Crippen LogP contribution in [-0.4, -0.2) is 17.5 Å². The van der Waals surface area contributed by atoms with E-state index in [2.05, 4.69) is 15.9 Å². The molecule has 0 aromatic heterocycles. The molecule has 4 nitrogen and oxygen atoms in total. The van der Waals surface area contributed by atoms with E-state index in [0.717, 1.165) is 16.1 Å². The molecule has 0 spiro atoms. The first-order valence-electron chi connectivity index (χ1n) is 5.89. The van der Waals surface area contributed by atoms with Crippen LogP contribution in [0.1, 0.15) is 12.5 Å². The number of ketones is 2. The van der Waals surface area contributed by atoms with Crippen LogP contribution in [0.4, 0.5) is 0 Å². The second-order valence-electron chi connectivity index (χ2n) is 4.30. The van der Waals surface area contributed by atoms with Gasteiger partial charge < -0.3 is 4.74 Å². The molecule has 0 N–H and O–H groups in total. The lowest BCUT2D eigenvalue weighted by molar-refractivity contribution is -0.151. The van der Waals surface area contributed by atoms with Crippen LogP contribution in [0.5, 0.6) is 0 Å². The molecule has 1 aromatic carbocycles. The first-order chi connectivity index (χ1) is 9.47. The van der Waals surface area contributed by atoms with Crippen molar-refractivity contribution in [2.75, 3.05) is 0 Å². The van der Waals surface area contributed by atoms with Gasteiger partial charge in [0.1, 0.15) is 5.76 Å². The molecular formula is C15H11BrO4. The Morgan fingerprint density at radius 3 is 2.75 bits per heavy atom. The van der Waals surface area contributed by atoms with Crippen molar-refractivity contribution in [1.29, 1.82) is 0 Å². The fourth-order valence-electron chi connectivity index (χ4n) is 1.79. The average Bonchev–Trinajstić information content (AvgIpc) is 2.35. The summed E-state index contributed by atoms with van der Waals surface area (Å²) in [6.45, 7) is 1.49. The number of rotatable bonds is 3. The van der Waals surface area contributed by atoms with Gasteiger partial charge in [-0.25, -0.2) is 0 Å². The van der Waals surface area contributed by atoms with Crippen molar-refractivity contribution in [2.24, 2.45) is 5.92 Å². The van der Waals surface area contributed by atoms with Crippen LogP contribution in [0.15, 0.2) is 46.6 Å². The Hall–Kier alpha value is -2.01. The van der Waals surface area contributed by atoms with Gasteiger partial charge in [0.05, 0.1) is 0 Å². The Bertz CT molecular complexity index is 643. The highest BCUT2D eigenvalue weighted by atomic mass is 79.9.